The quantitative estimate of drug-likeness (QED) is 0.477. The molecule has 0 saturated carbocycles. The number of esters is 1. The fourth-order valence-corrected chi connectivity index (χ4v) is 3.16. The number of halogens is 1. The van der Waals surface area contributed by atoms with E-state index in [1.165, 1.54) is 11.8 Å². The standard InChI is InChI=1S/C18H16ClN3O2S/c1-2-24-16(23)12-25-18-21-20-17(13-6-4-3-5-7-13)22(18)15-10-8-14(19)9-11-15/h3-11H,2,12H2,1H3. The SMILES string of the molecule is CCOC(=O)CSc1nnc(-c2ccccc2)n1-c1ccc(Cl)cc1. The minimum Gasteiger partial charge on any atom is -0.465 e. The molecule has 0 aliphatic rings. The van der Waals surface area contributed by atoms with Crippen LogP contribution in [-0.2, 0) is 9.53 Å². The van der Waals surface area contributed by atoms with E-state index in [1.54, 1.807) is 6.92 Å². The van der Waals surface area contributed by atoms with Crippen molar-refractivity contribution >= 4 is 29.3 Å². The van der Waals surface area contributed by atoms with Crippen LogP contribution in [0.25, 0.3) is 17.1 Å². The van der Waals surface area contributed by atoms with E-state index < -0.39 is 0 Å². The molecule has 128 valence electrons. The van der Waals surface area contributed by atoms with E-state index in [1.807, 2.05) is 59.2 Å². The highest BCUT2D eigenvalue weighted by Crippen LogP contribution is 2.28. The van der Waals surface area contributed by atoms with E-state index in [4.69, 9.17) is 16.3 Å². The van der Waals surface area contributed by atoms with E-state index in [2.05, 4.69) is 10.2 Å². The number of nitrogens with zero attached hydrogens (tertiary/aromatic N) is 3. The zero-order valence-electron chi connectivity index (χ0n) is 13.6. The molecule has 0 unspecified atom stereocenters. The van der Waals surface area contributed by atoms with Crippen LogP contribution in [0.5, 0.6) is 0 Å². The van der Waals surface area contributed by atoms with Crippen LogP contribution in [0, 0.1) is 0 Å². The molecule has 0 atom stereocenters. The molecule has 5 nitrogen and oxygen atoms in total. The Morgan fingerprint density at radius 3 is 2.52 bits per heavy atom. The molecule has 0 amide bonds. The molecule has 7 heteroatoms. The summed E-state index contributed by atoms with van der Waals surface area (Å²) >= 11 is 7.29. The molecular formula is C18H16ClN3O2S. The maximum Gasteiger partial charge on any atom is 0.316 e. The van der Waals surface area contributed by atoms with Crippen LogP contribution < -0.4 is 0 Å². The van der Waals surface area contributed by atoms with Gasteiger partial charge >= 0.3 is 5.97 Å². The predicted molar refractivity (Wildman–Crippen MR) is 99.2 cm³/mol. The minimum atomic E-state index is -0.278. The molecule has 0 aliphatic heterocycles. The lowest BCUT2D eigenvalue weighted by molar-refractivity contribution is -0.139. The lowest BCUT2D eigenvalue weighted by atomic mass is 10.2. The van der Waals surface area contributed by atoms with Gasteiger partial charge in [0, 0.05) is 16.3 Å². The third kappa shape index (κ3) is 4.21. The van der Waals surface area contributed by atoms with Crippen LogP contribution in [0.1, 0.15) is 6.92 Å². The topological polar surface area (TPSA) is 57.0 Å². The highest BCUT2D eigenvalue weighted by Gasteiger charge is 2.17. The number of hydrogen-bond acceptors (Lipinski definition) is 5. The lowest BCUT2D eigenvalue weighted by Crippen LogP contribution is -2.08. The van der Waals surface area contributed by atoms with Crippen LogP contribution in [0.3, 0.4) is 0 Å². The lowest BCUT2D eigenvalue weighted by Gasteiger charge is -2.10. The molecule has 0 bridgehead atoms. The maximum atomic E-state index is 11.7. The third-order valence-corrected chi connectivity index (χ3v) is 4.53. The molecular weight excluding hydrogens is 358 g/mol. The van der Waals surface area contributed by atoms with Gasteiger partial charge in [-0.3, -0.25) is 9.36 Å². The number of carbonyl (C=O) groups excluding carboxylic acids is 1. The summed E-state index contributed by atoms with van der Waals surface area (Å²) in [5, 5.41) is 9.85. The Morgan fingerprint density at radius 1 is 1.12 bits per heavy atom. The highest BCUT2D eigenvalue weighted by atomic mass is 35.5. The smallest absolute Gasteiger partial charge is 0.316 e. The van der Waals surface area contributed by atoms with Crippen molar-refractivity contribution in [1.29, 1.82) is 0 Å². The van der Waals surface area contributed by atoms with Gasteiger partial charge in [-0.15, -0.1) is 10.2 Å². The molecule has 3 aromatic rings. The summed E-state index contributed by atoms with van der Waals surface area (Å²) in [6.07, 6.45) is 0. The van der Waals surface area contributed by atoms with E-state index in [0.717, 1.165) is 11.3 Å². The molecule has 2 aromatic carbocycles. The summed E-state index contributed by atoms with van der Waals surface area (Å²) in [5.41, 5.74) is 1.81. The molecule has 0 saturated heterocycles. The molecule has 0 N–H and O–H groups in total. The molecule has 0 fully saturated rings. The van der Waals surface area contributed by atoms with Crippen molar-refractivity contribution in [1.82, 2.24) is 14.8 Å². The largest absolute Gasteiger partial charge is 0.465 e. The molecule has 0 spiro atoms. The van der Waals surface area contributed by atoms with Crippen LogP contribution in [0.2, 0.25) is 5.02 Å². The van der Waals surface area contributed by atoms with Gasteiger partial charge in [0.15, 0.2) is 11.0 Å². The second kappa shape index (κ2) is 8.18. The minimum absolute atomic E-state index is 0.175. The predicted octanol–water partition coefficient (Wildman–Crippen LogP) is 4.24. The molecule has 0 aliphatic carbocycles. The normalized spacial score (nSPS) is 10.6. The van der Waals surface area contributed by atoms with Gasteiger partial charge in [0.25, 0.3) is 0 Å². The van der Waals surface area contributed by atoms with Gasteiger partial charge in [-0.25, -0.2) is 0 Å². The van der Waals surface area contributed by atoms with Gasteiger partial charge < -0.3 is 4.74 Å². The number of ether oxygens (including phenoxy) is 1. The Balaban J connectivity index is 1.99. The van der Waals surface area contributed by atoms with Gasteiger partial charge in [-0.1, -0.05) is 53.7 Å². The average Bonchev–Trinajstić information content (AvgIpc) is 3.05. The first-order chi connectivity index (χ1) is 12.2. The number of rotatable bonds is 6. The second-order valence-electron chi connectivity index (χ2n) is 5.08. The Labute approximate surface area is 155 Å². The van der Waals surface area contributed by atoms with Crippen LogP contribution in [0.4, 0.5) is 0 Å². The summed E-state index contributed by atoms with van der Waals surface area (Å²) in [4.78, 5) is 11.7. The van der Waals surface area contributed by atoms with E-state index in [-0.39, 0.29) is 11.7 Å². The van der Waals surface area contributed by atoms with E-state index in [0.29, 0.717) is 22.6 Å². The maximum absolute atomic E-state index is 11.7. The van der Waals surface area contributed by atoms with Gasteiger partial charge in [-0.2, -0.15) is 0 Å². The second-order valence-corrected chi connectivity index (χ2v) is 6.46. The first kappa shape index (κ1) is 17.5. The Morgan fingerprint density at radius 2 is 1.84 bits per heavy atom. The van der Waals surface area contributed by atoms with Gasteiger partial charge in [0.1, 0.15) is 0 Å². The molecule has 25 heavy (non-hydrogen) atoms. The Bertz CT molecular complexity index is 851. The number of carbonyl (C=O) groups is 1. The van der Waals surface area contributed by atoms with Crippen molar-refractivity contribution in [2.75, 3.05) is 12.4 Å². The molecule has 0 radical (unpaired) electrons. The van der Waals surface area contributed by atoms with Crippen molar-refractivity contribution in [3.63, 3.8) is 0 Å². The zero-order chi connectivity index (χ0) is 17.6. The Kier molecular flexibility index (Phi) is 5.73. The van der Waals surface area contributed by atoms with Crippen molar-refractivity contribution in [3.05, 3.63) is 59.6 Å². The number of thioether (sulfide) groups is 1. The Hall–Kier alpha value is -2.31. The van der Waals surface area contributed by atoms with Crippen molar-refractivity contribution < 1.29 is 9.53 Å². The monoisotopic (exact) mass is 373 g/mol. The van der Waals surface area contributed by atoms with E-state index in [9.17, 15) is 4.79 Å². The van der Waals surface area contributed by atoms with Crippen molar-refractivity contribution in [3.8, 4) is 17.1 Å². The van der Waals surface area contributed by atoms with Crippen molar-refractivity contribution in [2.45, 2.75) is 12.1 Å². The fourth-order valence-electron chi connectivity index (χ4n) is 2.29. The van der Waals surface area contributed by atoms with Gasteiger partial charge in [0.2, 0.25) is 0 Å². The zero-order valence-corrected chi connectivity index (χ0v) is 15.1. The first-order valence-electron chi connectivity index (χ1n) is 7.74. The van der Waals surface area contributed by atoms with Crippen LogP contribution in [0.15, 0.2) is 59.8 Å². The van der Waals surface area contributed by atoms with Gasteiger partial charge in [0.05, 0.1) is 12.4 Å². The summed E-state index contributed by atoms with van der Waals surface area (Å²) in [6.45, 7) is 2.14. The summed E-state index contributed by atoms with van der Waals surface area (Å²) in [5.74, 6) is 0.600. The summed E-state index contributed by atoms with van der Waals surface area (Å²) in [7, 11) is 0. The molecule has 3 rings (SSSR count). The number of benzene rings is 2. The van der Waals surface area contributed by atoms with Crippen molar-refractivity contribution in [2.24, 2.45) is 0 Å². The highest BCUT2D eigenvalue weighted by molar-refractivity contribution is 7.99. The van der Waals surface area contributed by atoms with Gasteiger partial charge in [-0.05, 0) is 31.2 Å². The first-order valence-corrected chi connectivity index (χ1v) is 9.10. The number of aromatic nitrogens is 3. The fraction of sp³-hybridized carbons (Fsp3) is 0.167. The summed E-state index contributed by atoms with van der Waals surface area (Å²) in [6, 6.07) is 17.2. The number of hydrogen-bond donors (Lipinski definition) is 0. The third-order valence-electron chi connectivity index (χ3n) is 3.37. The summed E-state index contributed by atoms with van der Waals surface area (Å²) < 4.78 is 6.89. The molecule has 1 aromatic heterocycles. The van der Waals surface area contributed by atoms with Crippen LogP contribution >= 0.6 is 23.4 Å². The average molecular weight is 374 g/mol. The van der Waals surface area contributed by atoms with E-state index >= 15 is 0 Å². The molecule has 1 heterocycles. The van der Waals surface area contributed by atoms with Crippen LogP contribution in [-0.4, -0.2) is 33.1 Å².